The van der Waals surface area contributed by atoms with Gasteiger partial charge in [-0.05, 0) is 43.6 Å². The number of nitrogens with one attached hydrogen (secondary N) is 1. The van der Waals surface area contributed by atoms with Crippen LogP contribution < -0.4 is 5.32 Å². The molecule has 1 amide bonds. The topological polar surface area (TPSA) is 77.3 Å². The summed E-state index contributed by atoms with van der Waals surface area (Å²) in [6.07, 6.45) is 5.93. The average Bonchev–Trinajstić information content (AvgIpc) is 3.47. The van der Waals surface area contributed by atoms with Crippen LogP contribution in [-0.2, 0) is 17.6 Å². The van der Waals surface area contributed by atoms with E-state index in [2.05, 4.69) is 39.6 Å². The highest BCUT2D eigenvalue weighted by atomic mass is 32.1. The summed E-state index contributed by atoms with van der Waals surface area (Å²) in [5.74, 6) is 0.741. The summed E-state index contributed by atoms with van der Waals surface area (Å²) >= 11 is 1.56. The molecule has 2 aliphatic rings. The third-order valence-corrected chi connectivity index (χ3v) is 6.50. The van der Waals surface area contributed by atoms with Crippen LogP contribution in [0.15, 0.2) is 41.1 Å². The second kappa shape index (κ2) is 7.48. The minimum atomic E-state index is -0.287. The highest BCUT2D eigenvalue weighted by Gasteiger charge is 2.29. The molecule has 1 aliphatic heterocycles. The van der Waals surface area contributed by atoms with Gasteiger partial charge in [-0.3, -0.25) is 10.1 Å². The van der Waals surface area contributed by atoms with Crippen molar-refractivity contribution >= 4 is 22.4 Å². The van der Waals surface area contributed by atoms with Crippen LogP contribution in [0.4, 0.5) is 5.13 Å². The van der Waals surface area contributed by atoms with Crippen LogP contribution in [0.3, 0.4) is 0 Å². The van der Waals surface area contributed by atoms with Crippen molar-refractivity contribution in [1.29, 1.82) is 0 Å². The summed E-state index contributed by atoms with van der Waals surface area (Å²) in [4.78, 5) is 22.7. The quantitative estimate of drug-likeness (QED) is 0.703. The zero-order valence-electron chi connectivity index (χ0n) is 15.4. The first-order chi connectivity index (χ1) is 13.8. The molecule has 6 nitrogen and oxygen atoms in total. The second-order valence-electron chi connectivity index (χ2n) is 7.26. The van der Waals surface area contributed by atoms with Crippen LogP contribution in [-0.4, -0.2) is 22.5 Å². The van der Waals surface area contributed by atoms with E-state index in [0.717, 1.165) is 37.8 Å². The highest BCUT2D eigenvalue weighted by molar-refractivity contribution is 7.15. The first kappa shape index (κ1) is 17.6. The molecule has 1 N–H and O–H groups in total. The predicted octanol–water partition coefficient (Wildman–Crippen LogP) is 4.51. The molecule has 1 saturated heterocycles. The van der Waals surface area contributed by atoms with Gasteiger partial charge in [0.15, 0.2) is 23.0 Å². The smallest absolute Gasteiger partial charge is 0.279 e. The Balaban J connectivity index is 1.31. The van der Waals surface area contributed by atoms with Gasteiger partial charge in [-0.25, -0.2) is 9.97 Å². The second-order valence-corrected chi connectivity index (χ2v) is 8.34. The number of oxazole rings is 1. The third kappa shape index (κ3) is 3.36. The number of carbonyl (C=O) groups is 1. The Labute approximate surface area is 167 Å². The molecular formula is C21H21N3O3S. The Morgan fingerprint density at radius 2 is 2.11 bits per heavy atom. The standard InChI is InChI=1S/C21H21N3O3S/c25-20(18-19(27-12-22-18)16-7-4-10-26-16)24-21-23-15-9-8-14(11-17(15)28-21)13-5-2-1-3-6-13/h1-3,5-6,12,14,16H,4,7-11H2,(H,23,24,25)/t14-,16+/m1/s1. The van der Waals surface area contributed by atoms with Crippen LogP contribution in [0.2, 0.25) is 0 Å². The molecule has 1 fully saturated rings. The molecule has 3 aromatic rings. The van der Waals surface area contributed by atoms with Gasteiger partial charge in [-0.2, -0.15) is 0 Å². The number of carbonyl (C=O) groups excluding carboxylic acids is 1. The molecule has 0 radical (unpaired) electrons. The number of rotatable bonds is 4. The Hall–Kier alpha value is -2.51. The number of thiazole rings is 1. The van der Waals surface area contributed by atoms with Gasteiger partial charge in [0.1, 0.15) is 6.10 Å². The summed E-state index contributed by atoms with van der Waals surface area (Å²) in [6, 6.07) is 10.6. The van der Waals surface area contributed by atoms with Crippen molar-refractivity contribution in [3.63, 3.8) is 0 Å². The molecule has 0 bridgehead atoms. The largest absolute Gasteiger partial charge is 0.445 e. The van der Waals surface area contributed by atoms with E-state index in [1.807, 2.05) is 6.07 Å². The fourth-order valence-corrected chi connectivity index (χ4v) is 5.12. The zero-order chi connectivity index (χ0) is 18.9. The van der Waals surface area contributed by atoms with Crippen molar-refractivity contribution in [2.45, 2.75) is 44.1 Å². The van der Waals surface area contributed by atoms with Gasteiger partial charge < -0.3 is 9.15 Å². The normalized spacial score (nSPS) is 21.4. The van der Waals surface area contributed by atoms with Crippen LogP contribution in [0.25, 0.3) is 0 Å². The van der Waals surface area contributed by atoms with Crippen LogP contribution in [0.1, 0.15) is 63.7 Å². The molecule has 1 aliphatic carbocycles. The summed E-state index contributed by atoms with van der Waals surface area (Å²) in [6.45, 7) is 0.689. The maximum atomic E-state index is 12.7. The van der Waals surface area contributed by atoms with Crippen molar-refractivity contribution in [2.75, 3.05) is 11.9 Å². The van der Waals surface area contributed by atoms with Crippen LogP contribution >= 0.6 is 11.3 Å². The van der Waals surface area contributed by atoms with E-state index in [4.69, 9.17) is 9.15 Å². The molecular weight excluding hydrogens is 374 g/mol. The molecule has 2 aromatic heterocycles. The Kier molecular flexibility index (Phi) is 4.70. The molecule has 3 heterocycles. The number of aryl methyl sites for hydroxylation is 1. The van der Waals surface area contributed by atoms with Gasteiger partial charge in [0.25, 0.3) is 5.91 Å². The monoisotopic (exact) mass is 395 g/mol. The Morgan fingerprint density at radius 3 is 2.93 bits per heavy atom. The van der Waals surface area contributed by atoms with E-state index in [1.54, 1.807) is 11.3 Å². The number of aromatic nitrogens is 2. The number of hydrogen-bond donors (Lipinski definition) is 1. The van der Waals surface area contributed by atoms with Gasteiger partial charge in [0.05, 0.1) is 5.69 Å². The summed E-state index contributed by atoms with van der Waals surface area (Å²) in [5, 5.41) is 3.54. The number of anilines is 1. The number of benzene rings is 1. The van der Waals surface area contributed by atoms with Crippen molar-refractivity contribution in [2.24, 2.45) is 0 Å². The molecule has 1 aromatic carbocycles. The van der Waals surface area contributed by atoms with E-state index in [0.29, 0.717) is 29.1 Å². The molecule has 0 saturated carbocycles. The van der Waals surface area contributed by atoms with E-state index in [-0.39, 0.29) is 12.0 Å². The lowest BCUT2D eigenvalue weighted by Crippen LogP contribution is -2.15. The minimum absolute atomic E-state index is 0.181. The number of hydrogen-bond acceptors (Lipinski definition) is 6. The summed E-state index contributed by atoms with van der Waals surface area (Å²) in [5.41, 5.74) is 2.77. The Bertz CT molecular complexity index is 976. The van der Waals surface area contributed by atoms with Crippen molar-refractivity contribution < 1.29 is 13.9 Å². The first-order valence-corrected chi connectivity index (χ1v) is 10.5. The Morgan fingerprint density at radius 1 is 1.21 bits per heavy atom. The first-order valence-electron chi connectivity index (χ1n) is 9.68. The minimum Gasteiger partial charge on any atom is -0.445 e. The lowest BCUT2D eigenvalue weighted by atomic mass is 9.85. The molecule has 144 valence electrons. The van der Waals surface area contributed by atoms with Crippen molar-refractivity contribution in [1.82, 2.24) is 9.97 Å². The fourth-order valence-electron chi connectivity index (χ4n) is 4.03. The highest BCUT2D eigenvalue weighted by Crippen LogP contribution is 2.37. The van der Waals surface area contributed by atoms with Crippen molar-refractivity contribution in [3.05, 3.63) is 64.3 Å². The van der Waals surface area contributed by atoms with Crippen LogP contribution in [0, 0.1) is 0 Å². The molecule has 0 unspecified atom stereocenters. The van der Waals surface area contributed by atoms with Gasteiger partial charge >= 0.3 is 0 Å². The van der Waals surface area contributed by atoms with E-state index in [1.165, 1.54) is 16.8 Å². The average molecular weight is 395 g/mol. The third-order valence-electron chi connectivity index (χ3n) is 5.46. The maximum absolute atomic E-state index is 12.7. The molecule has 28 heavy (non-hydrogen) atoms. The van der Waals surface area contributed by atoms with E-state index >= 15 is 0 Å². The predicted molar refractivity (Wildman–Crippen MR) is 106 cm³/mol. The van der Waals surface area contributed by atoms with Crippen LogP contribution in [0.5, 0.6) is 0 Å². The lowest BCUT2D eigenvalue weighted by Gasteiger charge is -2.21. The van der Waals surface area contributed by atoms with Crippen molar-refractivity contribution in [3.8, 4) is 0 Å². The van der Waals surface area contributed by atoms with Gasteiger partial charge in [0.2, 0.25) is 0 Å². The van der Waals surface area contributed by atoms with Gasteiger partial charge in [-0.15, -0.1) is 11.3 Å². The molecule has 2 atom stereocenters. The fraction of sp³-hybridized carbons (Fsp3) is 0.381. The van der Waals surface area contributed by atoms with Gasteiger partial charge in [0, 0.05) is 11.5 Å². The number of amides is 1. The lowest BCUT2D eigenvalue weighted by molar-refractivity contribution is 0.0889. The number of nitrogens with zero attached hydrogens (tertiary/aromatic N) is 2. The zero-order valence-corrected chi connectivity index (χ0v) is 16.2. The van der Waals surface area contributed by atoms with E-state index in [9.17, 15) is 4.79 Å². The summed E-state index contributed by atoms with van der Waals surface area (Å²) < 4.78 is 11.1. The number of fused-ring (bicyclic) bond motifs is 1. The summed E-state index contributed by atoms with van der Waals surface area (Å²) in [7, 11) is 0. The van der Waals surface area contributed by atoms with E-state index < -0.39 is 0 Å². The SMILES string of the molecule is O=C(Nc1nc2c(s1)C[C@H](c1ccccc1)CC2)c1ncoc1[C@@H]1CCCO1. The number of ether oxygens (including phenoxy) is 1. The molecule has 5 rings (SSSR count). The van der Waals surface area contributed by atoms with Gasteiger partial charge in [-0.1, -0.05) is 30.3 Å². The molecule has 7 heteroatoms. The molecule has 0 spiro atoms. The maximum Gasteiger partial charge on any atom is 0.279 e.